The first-order chi connectivity index (χ1) is 7.29. The zero-order valence-corrected chi connectivity index (χ0v) is 9.07. The summed E-state index contributed by atoms with van der Waals surface area (Å²) in [6.45, 7) is 0.608. The van der Waals surface area contributed by atoms with Gasteiger partial charge in [0.2, 0.25) is 0 Å². The van der Waals surface area contributed by atoms with E-state index in [1.165, 1.54) is 18.0 Å². The molecule has 0 radical (unpaired) electrons. The van der Waals surface area contributed by atoms with Crippen molar-refractivity contribution in [3.05, 3.63) is 18.1 Å². The van der Waals surface area contributed by atoms with Gasteiger partial charge in [-0.3, -0.25) is 0 Å². The molecule has 0 aliphatic rings. The Morgan fingerprint density at radius 3 is 3.00 bits per heavy atom. The summed E-state index contributed by atoms with van der Waals surface area (Å²) in [4.78, 5) is 8.08. The van der Waals surface area contributed by atoms with Crippen molar-refractivity contribution in [2.75, 3.05) is 19.5 Å². The van der Waals surface area contributed by atoms with Gasteiger partial charge in [0.1, 0.15) is 10.7 Å². The van der Waals surface area contributed by atoms with Crippen LogP contribution in [0.3, 0.4) is 0 Å². The number of hydrogen-bond donors (Lipinski definition) is 2. The van der Waals surface area contributed by atoms with E-state index >= 15 is 0 Å². The van der Waals surface area contributed by atoms with Crippen LogP contribution >= 0.6 is 11.8 Å². The number of nitrogens with zero attached hydrogens (tertiary/aromatic N) is 3. The highest BCUT2D eigenvalue weighted by atomic mass is 32.2. The number of hydrogen-bond acceptors (Lipinski definition) is 6. The Morgan fingerprint density at radius 2 is 2.33 bits per heavy atom. The topological polar surface area (TPSA) is 93.6 Å². The second-order valence-corrected chi connectivity index (χ2v) is 3.62. The van der Waals surface area contributed by atoms with Gasteiger partial charge in [-0.2, -0.15) is 0 Å². The van der Waals surface area contributed by atoms with E-state index in [-0.39, 0.29) is 5.84 Å². The van der Waals surface area contributed by atoms with Gasteiger partial charge >= 0.3 is 0 Å². The van der Waals surface area contributed by atoms with E-state index in [1.54, 1.807) is 13.3 Å². The maximum atomic E-state index is 8.55. The van der Waals surface area contributed by atoms with E-state index < -0.39 is 0 Å². The summed E-state index contributed by atoms with van der Waals surface area (Å²) >= 11 is 1.44. The van der Waals surface area contributed by atoms with Gasteiger partial charge in [0.25, 0.3) is 0 Å². The standard InChI is InChI=1S/C8H12N4O2S/c1-14-4-5-15-8-6(7(9)12-13)10-2-3-11-8/h2-3,13H,4-5H2,1H3,(H2,9,12). The number of thioether (sulfide) groups is 1. The monoisotopic (exact) mass is 228 g/mol. The van der Waals surface area contributed by atoms with Crippen molar-refractivity contribution in [3.63, 3.8) is 0 Å². The fourth-order valence-corrected chi connectivity index (χ4v) is 1.75. The molecule has 0 unspecified atom stereocenters. The average molecular weight is 228 g/mol. The Kier molecular flexibility index (Phi) is 4.85. The number of amidine groups is 1. The van der Waals surface area contributed by atoms with Crippen LogP contribution in [0.25, 0.3) is 0 Å². The van der Waals surface area contributed by atoms with Gasteiger partial charge in [-0.1, -0.05) is 5.16 Å². The number of methoxy groups -OCH3 is 1. The summed E-state index contributed by atoms with van der Waals surface area (Å²) < 4.78 is 4.91. The smallest absolute Gasteiger partial charge is 0.191 e. The number of nitrogens with two attached hydrogens (primary N) is 1. The molecular formula is C8H12N4O2S. The Labute approximate surface area is 91.6 Å². The molecule has 0 atom stereocenters. The highest BCUT2D eigenvalue weighted by Gasteiger charge is 2.09. The minimum absolute atomic E-state index is 0.0389. The molecule has 0 fully saturated rings. The molecule has 1 rings (SSSR count). The van der Waals surface area contributed by atoms with Crippen molar-refractivity contribution < 1.29 is 9.94 Å². The lowest BCUT2D eigenvalue weighted by Gasteiger charge is -2.04. The van der Waals surface area contributed by atoms with Crippen LogP contribution in [-0.2, 0) is 4.74 Å². The molecule has 1 heterocycles. The van der Waals surface area contributed by atoms with Crippen LogP contribution in [0.15, 0.2) is 22.6 Å². The molecule has 1 aromatic heterocycles. The molecule has 0 spiro atoms. The minimum Gasteiger partial charge on any atom is -0.409 e. The largest absolute Gasteiger partial charge is 0.409 e. The van der Waals surface area contributed by atoms with Crippen LogP contribution < -0.4 is 5.73 Å². The summed E-state index contributed by atoms with van der Waals surface area (Å²) in [5, 5.41) is 12.1. The highest BCUT2D eigenvalue weighted by Crippen LogP contribution is 2.17. The molecule has 82 valence electrons. The van der Waals surface area contributed by atoms with Gasteiger partial charge in [-0.25, -0.2) is 9.97 Å². The molecule has 0 aliphatic carbocycles. The van der Waals surface area contributed by atoms with Crippen molar-refractivity contribution in [2.24, 2.45) is 10.9 Å². The van der Waals surface area contributed by atoms with E-state index in [0.29, 0.717) is 17.3 Å². The maximum absolute atomic E-state index is 8.55. The number of ether oxygens (including phenoxy) is 1. The molecule has 3 N–H and O–H groups in total. The quantitative estimate of drug-likeness (QED) is 0.188. The van der Waals surface area contributed by atoms with Crippen LogP contribution in [0.1, 0.15) is 5.69 Å². The molecule has 0 aromatic carbocycles. The summed E-state index contributed by atoms with van der Waals surface area (Å²) in [6.07, 6.45) is 3.05. The highest BCUT2D eigenvalue weighted by molar-refractivity contribution is 7.99. The van der Waals surface area contributed by atoms with Crippen molar-refractivity contribution in [3.8, 4) is 0 Å². The predicted octanol–water partition coefficient (Wildman–Crippen LogP) is 0.310. The molecular weight excluding hydrogens is 216 g/mol. The second kappa shape index (κ2) is 6.20. The van der Waals surface area contributed by atoms with Crippen molar-refractivity contribution in [2.45, 2.75) is 5.03 Å². The van der Waals surface area contributed by atoms with Gasteiger partial charge in [0.05, 0.1) is 6.61 Å². The molecule has 0 bridgehead atoms. The zero-order valence-electron chi connectivity index (χ0n) is 8.25. The second-order valence-electron chi connectivity index (χ2n) is 2.54. The Hall–Kier alpha value is -1.34. The van der Waals surface area contributed by atoms with E-state index in [0.717, 1.165) is 5.75 Å². The summed E-state index contributed by atoms with van der Waals surface area (Å²) in [6, 6.07) is 0. The van der Waals surface area contributed by atoms with Gasteiger partial charge in [0, 0.05) is 25.3 Å². The van der Waals surface area contributed by atoms with E-state index in [2.05, 4.69) is 15.1 Å². The first-order valence-corrected chi connectivity index (χ1v) is 5.18. The van der Waals surface area contributed by atoms with Crippen LogP contribution in [0.4, 0.5) is 0 Å². The average Bonchev–Trinajstić information content (AvgIpc) is 2.29. The van der Waals surface area contributed by atoms with Gasteiger partial charge in [-0.05, 0) is 0 Å². The fourth-order valence-electron chi connectivity index (χ4n) is 0.876. The molecule has 0 amide bonds. The Balaban J connectivity index is 2.77. The normalized spacial score (nSPS) is 11.7. The van der Waals surface area contributed by atoms with Crippen LogP contribution in [0.5, 0.6) is 0 Å². The fraction of sp³-hybridized carbons (Fsp3) is 0.375. The number of rotatable bonds is 5. The molecule has 0 saturated carbocycles. The lowest BCUT2D eigenvalue weighted by atomic mass is 10.4. The van der Waals surface area contributed by atoms with Crippen molar-refractivity contribution in [1.29, 1.82) is 0 Å². The SMILES string of the molecule is COCCSc1nccnc1C(N)=NO. The zero-order chi connectivity index (χ0) is 11.1. The van der Waals surface area contributed by atoms with Gasteiger partial charge in [0.15, 0.2) is 5.84 Å². The van der Waals surface area contributed by atoms with Gasteiger partial charge in [-0.15, -0.1) is 11.8 Å². The third-order valence-electron chi connectivity index (χ3n) is 1.54. The number of aromatic nitrogens is 2. The Bertz CT molecular complexity index is 345. The molecule has 1 aromatic rings. The predicted molar refractivity (Wildman–Crippen MR) is 57.1 cm³/mol. The molecule has 15 heavy (non-hydrogen) atoms. The van der Waals surface area contributed by atoms with Crippen molar-refractivity contribution >= 4 is 17.6 Å². The third kappa shape index (κ3) is 3.37. The first-order valence-electron chi connectivity index (χ1n) is 4.20. The lowest BCUT2D eigenvalue weighted by Crippen LogP contribution is -2.17. The van der Waals surface area contributed by atoms with Crippen molar-refractivity contribution in [1.82, 2.24) is 9.97 Å². The lowest BCUT2D eigenvalue weighted by molar-refractivity contribution is 0.218. The van der Waals surface area contributed by atoms with E-state index in [9.17, 15) is 0 Å². The van der Waals surface area contributed by atoms with Gasteiger partial charge < -0.3 is 15.7 Å². The Morgan fingerprint density at radius 1 is 1.60 bits per heavy atom. The summed E-state index contributed by atoms with van der Waals surface area (Å²) in [7, 11) is 1.63. The van der Waals surface area contributed by atoms with E-state index in [1.807, 2.05) is 0 Å². The van der Waals surface area contributed by atoms with E-state index in [4.69, 9.17) is 15.7 Å². The molecule has 0 saturated heterocycles. The summed E-state index contributed by atoms with van der Waals surface area (Å²) in [5.74, 6) is 0.698. The summed E-state index contributed by atoms with van der Waals surface area (Å²) in [5.41, 5.74) is 5.84. The maximum Gasteiger partial charge on any atom is 0.191 e. The third-order valence-corrected chi connectivity index (χ3v) is 2.48. The van der Waals surface area contributed by atoms with Crippen LogP contribution in [-0.4, -0.2) is 40.5 Å². The number of oxime groups is 1. The molecule has 6 nitrogen and oxygen atoms in total. The van der Waals surface area contributed by atoms with Crippen LogP contribution in [0.2, 0.25) is 0 Å². The minimum atomic E-state index is -0.0389. The van der Waals surface area contributed by atoms with Crippen LogP contribution in [0, 0.1) is 0 Å². The molecule has 7 heteroatoms. The molecule has 0 aliphatic heterocycles. The first kappa shape index (κ1) is 11.7.